The molecule has 1 saturated heterocycles. The molecule has 0 radical (unpaired) electrons. The number of morpholine rings is 1. The molecule has 0 spiro atoms. The minimum Gasteiger partial charge on any atom is -0.378 e. The highest BCUT2D eigenvalue weighted by Gasteiger charge is 2.17. The first-order chi connectivity index (χ1) is 9.42. The van der Waals surface area contributed by atoms with E-state index in [-0.39, 0.29) is 0 Å². The summed E-state index contributed by atoms with van der Waals surface area (Å²) < 4.78 is 5.34. The zero-order chi connectivity index (χ0) is 12.9. The Morgan fingerprint density at radius 3 is 2.95 bits per heavy atom. The van der Waals surface area contributed by atoms with Gasteiger partial charge in [-0.05, 0) is 12.1 Å². The lowest BCUT2D eigenvalue weighted by Gasteiger charge is -2.29. The smallest absolute Gasteiger partial charge is 0.222 e. The van der Waals surface area contributed by atoms with Crippen LogP contribution in [0.2, 0.25) is 0 Å². The van der Waals surface area contributed by atoms with Crippen molar-refractivity contribution in [1.29, 1.82) is 0 Å². The van der Waals surface area contributed by atoms with E-state index in [4.69, 9.17) is 4.74 Å². The molecule has 3 rings (SSSR count). The fourth-order valence-corrected chi connectivity index (χ4v) is 2.10. The van der Waals surface area contributed by atoms with Gasteiger partial charge in [-0.1, -0.05) is 0 Å². The summed E-state index contributed by atoms with van der Waals surface area (Å²) in [4.78, 5) is 15.3. The standard InChI is InChI=1S/C13H17N5O/c1-2-11(10-14-4-1)16-12-3-5-15-13(17-12)18-6-8-19-9-7-18/h1-2,4,10H,3,5-9H2,(H,15,16,17). The summed E-state index contributed by atoms with van der Waals surface area (Å²) in [6.45, 7) is 4.00. The van der Waals surface area contributed by atoms with Crippen molar-refractivity contribution in [2.24, 2.45) is 9.98 Å². The van der Waals surface area contributed by atoms with Gasteiger partial charge in [0, 0.05) is 32.3 Å². The number of hydrogen-bond donors (Lipinski definition) is 1. The molecule has 6 nitrogen and oxygen atoms in total. The summed E-state index contributed by atoms with van der Waals surface area (Å²) in [5.41, 5.74) is 0.962. The summed E-state index contributed by atoms with van der Waals surface area (Å²) in [5, 5.41) is 3.30. The molecule has 2 aliphatic heterocycles. The predicted molar refractivity (Wildman–Crippen MR) is 74.6 cm³/mol. The van der Waals surface area contributed by atoms with Crippen molar-refractivity contribution in [1.82, 2.24) is 9.88 Å². The average molecular weight is 259 g/mol. The van der Waals surface area contributed by atoms with Crippen LogP contribution < -0.4 is 5.32 Å². The van der Waals surface area contributed by atoms with Crippen molar-refractivity contribution >= 4 is 17.5 Å². The summed E-state index contributed by atoms with van der Waals surface area (Å²) in [6, 6.07) is 3.89. The van der Waals surface area contributed by atoms with E-state index in [9.17, 15) is 0 Å². The number of pyridine rings is 1. The molecule has 100 valence electrons. The molecule has 1 aromatic rings. The van der Waals surface area contributed by atoms with E-state index in [1.54, 1.807) is 12.4 Å². The van der Waals surface area contributed by atoms with E-state index in [0.717, 1.165) is 56.8 Å². The highest BCUT2D eigenvalue weighted by molar-refractivity contribution is 6.04. The first-order valence-corrected chi connectivity index (χ1v) is 6.53. The number of aromatic nitrogens is 1. The van der Waals surface area contributed by atoms with E-state index >= 15 is 0 Å². The van der Waals surface area contributed by atoms with Crippen molar-refractivity contribution in [3.05, 3.63) is 24.5 Å². The van der Waals surface area contributed by atoms with Crippen molar-refractivity contribution in [2.45, 2.75) is 6.42 Å². The van der Waals surface area contributed by atoms with Gasteiger partial charge in [0.15, 0.2) is 0 Å². The normalized spacial score (nSPS) is 19.7. The second kappa shape index (κ2) is 5.79. The molecule has 1 N–H and O–H groups in total. The molecule has 0 bridgehead atoms. The predicted octanol–water partition coefficient (Wildman–Crippen LogP) is 0.984. The highest BCUT2D eigenvalue weighted by atomic mass is 16.5. The van der Waals surface area contributed by atoms with Crippen LogP contribution in [0.1, 0.15) is 6.42 Å². The molecule has 6 heteroatoms. The number of anilines is 1. The number of hydrogen-bond acceptors (Lipinski definition) is 6. The SMILES string of the molecule is c1cncc(NC2=NC(N3CCOCC3)=NCC2)c1. The van der Waals surface area contributed by atoms with Gasteiger partial charge >= 0.3 is 0 Å². The van der Waals surface area contributed by atoms with E-state index in [1.165, 1.54) is 0 Å². The average Bonchev–Trinajstić information content (AvgIpc) is 2.49. The van der Waals surface area contributed by atoms with Crippen LogP contribution in [0.25, 0.3) is 0 Å². The quantitative estimate of drug-likeness (QED) is 0.816. The maximum Gasteiger partial charge on any atom is 0.222 e. The maximum absolute atomic E-state index is 5.34. The molecule has 1 aromatic heterocycles. The van der Waals surface area contributed by atoms with Crippen molar-refractivity contribution in [3.63, 3.8) is 0 Å². The van der Waals surface area contributed by atoms with Crippen LogP contribution in [0.4, 0.5) is 5.69 Å². The van der Waals surface area contributed by atoms with Crippen LogP contribution in [0.15, 0.2) is 34.5 Å². The summed E-state index contributed by atoms with van der Waals surface area (Å²) in [6.07, 6.45) is 4.39. The maximum atomic E-state index is 5.34. The van der Waals surface area contributed by atoms with E-state index < -0.39 is 0 Å². The minimum absolute atomic E-state index is 0.750. The molecule has 0 unspecified atom stereocenters. The van der Waals surface area contributed by atoms with Crippen LogP contribution >= 0.6 is 0 Å². The summed E-state index contributed by atoms with van der Waals surface area (Å²) in [7, 11) is 0. The van der Waals surface area contributed by atoms with Gasteiger partial charge in [0.25, 0.3) is 0 Å². The number of aliphatic imine (C=N–C) groups is 2. The van der Waals surface area contributed by atoms with Gasteiger partial charge in [-0.3, -0.25) is 9.98 Å². The third kappa shape index (κ3) is 3.08. The van der Waals surface area contributed by atoms with E-state index in [2.05, 4.69) is 25.2 Å². The Bertz CT molecular complexity index is 479. The zero-order valence-electron chi connectivity index (χ0n) is 10.7. The number of guanidine groups is 1. The third-order valence-electron chi connectivity index (χ3n) is 3.08. The van der Waals surface area contributed by atoms with Gasteiger partial charge in [0.05, 0.1) is 25.1 Å². The molecular weight excluding hydrogens is 242 g/mol. The fraction of sp³-hybridized carbons (Fsp3) is 0.462. The van der Waals surface area contributed by atoms with Crippen molar-refractivity contribution < 1.29 is 4.74 Å². The summed E-state index contributed by atoms with van der Waals surface area (Å²) >= 11 is 0. The molecule has 0 saturated carbocycles. The number of rotatable bonds is 1. The number of ether oxygens (including phenoxy) is 1. The molecular formula is C13H17N5O. The number of nitrogens with zero attached hydrogens (tertiary/aromatic N) is 4. The van der Waals surface area contributed by atoms with E-state index in [0.29, 0.717) is 0 Å². The Balaban J connectivity index is 1.69. The third-order valence-corrected chi connectivity index (χ3v) is 3.08. The lowest BCUT2D eigenvalue weighted by Crippen LogP contribution is -2.41. The van der Waals surface area contributed by atoms with Crippen LogP contribution in [0.5, 0.6) is 0 Å². The molecule has 2 aliphatic rings. The molecule has 0 atom stereocenters. The fourth-order valence-electron chi connectivity index (χ4n) is 2.10. The minimum atomic E-state index is 0.750. The first-order valence-electron chi connectivity index (χ1n) is 6.53. The molecule has 1 fully saturated rings. The van der Waals surface area contributed by atoms with Gasteiger partial charge in [-0.15, -0.1) is 0 Å². The Kier molecular flexibility index (Phi) is 3.69. The first kappa shape index (κ1) is 12.1. The molecule has 0 amide bonds. The number of nitrogens with one attached hydrogen (secondary N) is 1. The molecule has 3 heterocycles. The zero-order valence-corrected chi connectivity index (χ0v) is 10.7. The van der Waals surface area contributed by atoms with Crippen LogP contribution in [0, 0.1) is 0 Å². The van der Waals surface area contributed by atoms with Gasteiger partial charge < -0.3 is 15.0 Å². The van der Waals surface area contributed by atoms with Gasteiger partial charge in [-0.2, -0.15) is 0 Å². The second-order valence-corrected chi connectivity index (χ2v) is 4.46. The molecule has 0 aliphatic carbocycles. The molecule has 19 heavy (non-hydrogen) atoms. The highest BCUT2D eigenvalue weighted by Crippen LogP contribution is 2.09. The van der Waals surface area contributed by atoms with Crippen molar-refractivity contribution in [3.8, 4) is 0 Å². The number of amidine groups is 1. The van der Waals surface area contributed by atoms with Crippen LogP contribution in [0.3, 0.4) is 0 Å². The van der Waals surface area contributed by atoms with Crippen molar-refractivity contribution in [2.75, 3.05) is 38.2 Å². The topological polar surface area (TPSA) is 62.1 Å². The summed E-state index contributed by atoms with van der Waals surface area (Å²) in [5.74, 6) is 1.77. The van der Waals surface area contributed by atoms with Gasteiger partial charge in [0.1, 0.15) is 5.84 Å². The van der Waals surface area contributed by atoms with Crippen LogP contribution in [-0.2, 0) is 4.74 Å². The van der Waals surface area contributed by atoms with Gasteiger partial charge in [0.2, 0.25) is 5.96 Å². The lowest BCUT2D eigenvalue weighted by molar-refractivity contribution is 0.0674. The molecule has 0 aromatic carbocycles. The lowest BCUT2D eigenvalue weighted by atomic mass is 10.3. The van der Waals surface area contributed by atoms with Crippen LogP contribution in [-0.4, -0.2) is 54.5 Å². The largest absolute Gasteiger partial charge is 0.378 e. The second-order valence-electron chi connectivity index (χ2n) is 4.46. The Morgan fingerprint density at radius 1 is 1.26 bits per heavy atom. The Morgan fingerprint density at radius 2 is 2.16 bits per heavy atom. The Hall–Kier alpha value is -1.95. The van der Waals surface area contributed by atoms with E-state index in [1.807, 2.05) is 12.1 Å². The van der Waals surface area contributed by atoms with Gasteiger partial charge in [-0.25, -0.2) is 4.99 Å². The monoisotopic (exact) mass is 259 g/mol. The Labute approximate surface area is 112 Å².